The van der Waals surface area contributed by atoms with Crippen LogP contribution >= 0.6 is 0 Å². The fourth-order valence-corrected chi connectivity index (χ4v) is 3.25. The molecule has 2 aromatic rings. The molecule has 1 saturated carbocycles. The van der Waals surface area contributed by atoms with E-state index in [4.69, 9.17) is 0 Å². The van der Waals surface area contributed by atoms with Crippen LogP contribution in [0.5, 0.6) is 0 Å². The topological polar surface area (TPSA) is 60.7 Å². The van der Waals surface area contributed by atoms with Crippen molar-refractivity contribution in [2.45, 2.75) is 45.1 Å². The molecule has 1 heterocycles. The summed E-state index contributed by atoms with van der Waals surface area (Å²) in [4.78, 5) is 11.2. The lowest BCUT2D eigenvalue weighted by molar-refractivity contribution is 0.328. The lowest BCUT2D eigenvalue weighted by Gasteiger charge is -2.29. The van der Waals surface area contributed by atoms with Crippen LogP contribution in [0.4, 0.5) is 5.69 Å². The van der Waals surface area contributed by atoms with Gasteiger partial charge in [0.25, 0.3) is 5.56 Å². The molecule has 1 aliphatic carbocycles. The van der Waals surface area contributed by atoms with Gasteiger partial charge in [0.05, 0.1) is 5.69 Å². The van der Waals surface area contributed by atoms with Gasteiger partial charge in [-0.15, -0.1) is 0 Å². The molecule has 0 amide bonds. The highest BCUT2D eigenvalue weighted by molar-refractivity contribution is 5.62. The van der Waals surface area contributed by atoms with Gasteiger partial charge in [0.15, 0.2) is 0 Å². The molecule has 0 radical (unpaired) electrons. The van der Waals surface area contributed by atoms with Gasteiger partial charge in [0.2, 0.25) is 0 Å². The van der Waals surface area contributed by atoms with Crippen molar-refractivity contribution in [1.82, 2.24) is 10.2 Å². The van der Waals surface area contributed by atoms with Gasteiger partial charge in [-0.1, -0.05) is 31.4 Å². The van der Waals surface area contributed by atoms with Crippen molar-refractivity contribution in [2.75, 3.05) is 5.32 Å². The SMILES string of the molecule is CC(Nc1ccc(-c2cc(=O)[nH][nH]2)cc1)C1CCCCC1. The Balaban J connectivity index is 1.65. The van der Waals surface area contributed by atoms with Crippen LogP contribution in [0.25, 0.3) is 11.3 Å². The third-order valence-corrected chi connectivity index (χ3v) is 4.54. The molecule has 0 spiro atoms. The highest BCUT2D eigenvalue weighted by atomic mass is 16.1. The smallest absolute Gasteiger partial charge is 0.264 e. The Kier molecular flexibility index (Phi) is 4.13. The average molecular weight is 285 g/mol. The molecule has 21 heavy (non-hydrogen) atoms. The molecule has 112 valence electrons. The monoisotopic (exact) mass is 285 g/mol. The number of hydrogen-bond donors (Lipinski definition) is 3. The molecule has 4 nitrogen and oxygen atoms in total. The van der Waals surface area contributed by atoms with Crippen LogP contribution in [0.15, 0.2) is 35.1 Å². The van der Waals surface area contributed by atoms with Gasteiger partial charge in [0.1, 0.15) is 0 Å². The molecule has 0 aliphatic heterocycles. The normalized spacial score (nSPS) is 17.6. The van der Waals surface area contributed by atoms with Gasteiger partial charge in [0, 0.05) is 17.8 Å². The first kappa shape index (κ1) is 14.0. The van der Waals surface area contributed by atoms with Crippen LogP contribution in [0.2, 0.25) is 0 Å². The minimum atomic E-state index is -0.0990. The first-order valence-electron chi connectivity index (χ1n) is 7.87. The van der Waals surface area contributed by atoms with E-state index in [0.717, 1.165) is 22.9 Å². The molecule has 1 unspecified atom stereocenters. The molecule has 1 aromatic carbocycles. The second kappa shape index (κ2) is 6.20. The van der Waals surface area contributed by atoms with Crippen molar-refractivity contribution in [3.8, 4) is 11.3 Å². The van der Waals surface area contributed by atoms with Crippen LogP contribution in [0, 0.1) is 5.92 Å². The van der Waals surface area contributed by atoms with Crippen molar-refractivity contribution in [3.05, 3.63) is 40.7 Å². The largest absolute Gasteiger partial charge is 0.382 e. The fraction of sp³-hybridized carbons (Fsp3) is 0.471. The minimum Gasteiger partial charge on any atom is -0.382 e. The number of aromatic amines is 2. The Labute approximate surface area is 125 Å². The predicted octanol–water partition coefficient (Wildman–Crippen LogP) is 3.75. The number of benzene rings is 1. The summed E-state index contributed by atoms with van der Waals surface area (Å²) in [6, 6.07) is 10.3. The van der Waals surface area contributed by atoms with Crippen molar-refractivity contribution in [1.29, 1.82) is 0 Å². The van der Waals surface area contributed by atoms with Gasteiger partial charge >= 0.3 is 0 Å². The maximum Gasteiger partial charge on any atom is 0.264 e. The number of hydrogen-bond acceptors (Lipinski definition) is 2. The predicted molar refractivity (Wildman–Crippen MR) is 86.5 cm³/mol. The molecule has 4 heteroatoms. The van der Waals surface area contributed by atoms with E-state index >= 15 is 0 Å². The summed E-state index contributed by atoms with van der Waals surface area (Å²) in [6.07, 6.45) is 6.83. The average Bonchev–Trinajstić information content (AvgIpc) is 2.95. The van der Waals surface area contributed by atoms with Crippen LogP contribution in [0.3, 0.4) is 0 Å². The van der Waals surface area contributed by atoms with Gasteiger partial charge in [-0.25, -0.2) is 0 Å². The summed E-state index contributed by atoms with van der Waals surface area (Å²) < 4.78 is 0. The summed E-state index contributed by atoms with van der Waals surface area (Å²) in [6.45, 7) is 2.29. The Hall–Kier alpha value is -1.97. The molecule has 0 saturated heterocycles. The number of rotatable bonds is 4. The van der Waals surface area contributed by atoms with Crippen molar-refractivity contribution in [2.24, 2.45) is 5.92 Å². The van der Waals surface area contributed by atoms with E-state index in [2.05, 4.69) is 34.6 Å². The molecule has 1 atom stereocenters. The van der Waals surface area contributed by atoms with Gasteiger partial charge in [-0.05, 0) is 43.4 Å². The van der Waals surface area contributed by atoms with E-state index in [1.165, 1.54) is 32.1 Å². The van der Waals surface area contributed by atoms with Crippen LogP contribution in [-0.2, 0) is 0 Å². The zero-order valence-electron chi connectivity index (χ0n) is 12.5. The Bertz CT molecular complexity index is 620. The molecule has 1 aromatic heterocycles. The standard InChI is InChI=1S/C17H23N3O/c1-12(13-5-3-2-4-6-13)18-15-9-7-14(8-10-15)16-11-17(21)20-19-16/h7-13,18H,2-6H2,1H3,(H2,19,20,21). The van der Waals surface area contributed by atoms with Crippen LogP contribution < -0.4 is 10.9 Å². The van der Waals surface area contributed by atoms with E-state index < -0.39 is 0 Å². The Morgan fingerprint density at radius 1 is 1.10 bits per heavy atom. The summed E-state index contributed by atoms with van der Waals surface area (Å²) in [5, 5.41) is 9.05. The van der Waals surface area contributed by atoms with Crippen LogP contribution in [0.1, 0.15) is 39.0 Å². The van der Waals surface area contributed by atoms with Gasteiger partial charge < -0.3 is 5.32 Å². The van der Waals surface area contributed by atoms with E-state index in [0.29, 0.717) is 6.04 Å². The highest BCUT2D eigenvalue weighted by Gasteiger charge is 2.19. The van der Waals surface area contributed by atoms with E-state index in [9.17, 15) is 4.79 Å². The van der Waals surface area contributed by atoms with Crippen molar-refractivity contribution in [3.63, 3.8) is 0 Å². The summed E-state index contributed by atoms with van der Waals surface area (Å²) >= 11 is 0. The quantitative estimate of drug-likeness (QED) is 0.801. The van der Waals surface area contributed by atoms with Gasteiger partial charge in [-0.3, -0.25) is 15.0 Å². The first-order chi connectivity index (χ1) is 10.2. The number of anilines is 1. The maximum atomic E-state index is 11.2. The molecular formula is C17H23N3O. The van der Waals surface area contributed by atoms with Crippen molar-refractivity contribution < 1.29 is 0 Å². The molecule has 1 fully saturated rings. The second-order valence-electron chi connectivity index (χ2n) is 6.08. The van der Waals surface area contributed by atoms with E-state index in [1.54, 1.807) is 6.07 Å². The third-order valence-electron chi connectivity index (χ3n) is 4.54. The summed E-state index contributed by atoms with van der Waals surface area (Å²) in [5.74, 6) is 0.791. The number of H-pyrrole nitrogens is 2. The lowest BCUT2D eigenvalue weighted by Crippen LogP contribution is -2.27. The number of nitrogens with one attached hydrogen (secondary N) is 3. The number of aromatic nitrogens is 2. The molecular weight excluding hydrogens is 262 g/mol. The van der Waals surface area contributed by atoms with E-state index in [1.807, 2.05) is 12.1 Å². The molecule has 0 bridgehead atoms. The lowest BCUT2D eigenvalue weighted by atomic mass is 9.84. The Morgan fingerprint density at radius 2 is 1.81 bits per heavy atom. The summed E-state index contributed by atoms with van der Waals surface area (Å²) in [7, 11) is 0. The van der Waals surface area contributed by atoms with Gasteiger partial charge in [-0.2, -0.15) is 0 Å². The molecule has 3 N–H and O–H groups in total. The van der Waals surface area contributed by atoms with Crippen molar-refractivity contribution >= 4 is 5.69 Å². The minimum absolute atomic E-state index is 0.0990. The third kappa shape index (κ3) is 3.38. The van der Waals surface area contributed by atoms with E-state index in [-0.39, 0.29) is 5.56 Å². The highest BCUT2D eigenvalue weighted by Crippen LogP contribution is 2.28. The fourth-order valence-electron chi connectivity index (χ4n) is 3.25. The zero-order valence-corrected chi connectivity index (χ0v) is 12.5. The first-order valence-corrected chi connectivity index (χ1v) is 7.87. The second-order valence-corrected chi connectivity index (χ2v) is 6.08. The zero-order chi connectivity index (χ0) is 14.7. The summed E-state index contributed by atoms with van der Waals surface area (Å²) in [5.41, 5.74) is 2.89. The van der Waals surface area contributed by atoms with Crippen LogP contribution in [-0.4, -0.2) is 16.2 Å². The molecule has 3 rings (SSSR count). The maximum absolute atomic E-state index is 11.2. The Morgan fingerprint density at radius 3 is 2.43 bits per heavy atom. The molecule has 1 aliphatic rings.